The van der Waals surface area contributed by atoms with Crippen LogP contribution in [0.3, 0.4) is 0 Å². The Morgan fingerprint density at radius 2 is 1.72 bits per heavy atom. The molecule has 2 amide bonds. The molecular formula is C23H24N2O4. The van der Waals surface area contributed by atoms with Gasteiger partial charge in [-0.25, -0.2) is 4.90 Å². The fourth-order valence-electron chi connectivity index (χ4n) is 4.64. The van der Waals surface area contributed by atoms with Crippen LogP contribution in [0.2, 0.25) is 0 Å². The van der Waals surface area contributed by atoms with Gasteiger partial charge in [-0.1, -0.05) is 47.5 Å². The SMILES string of the molecule is COC(=O)[C@]1(C)N[C@H](c2cccc(C)c2)[C@H]2C(=O)N(c3ccc(C)cc3)C(=O)[C@@H]21. The molecule has 2 aliphatic rings. The molecule has 0 saturated carbocycles. The lowest BCUT2D eigenvalue weighted by Gasteiger charge is -2.28. The van der Waals surface area contributed by atoms with Gasteiger partial charge in [0.05, 0.1) is 24.6 Å². The van der Waals surface area contributed by atoms with Crippen molar-refractivity contribution in [1.82, 2.24) is 5.32 Å². The van der Waals surface area contributed by atoms with Gasteiger partial charge in [-0.3, -0.25) is 19.7 Å². The summed E-state index contributed by atoms with van der Waals surface area (Å²) in [6.45, 7) is 5.56. The minimum Gasteiger partial charge on any atom is -0.468 e. The Labute approximate surface area is 169 Å². The fourth-order valence-corrected chi connectivity index (χ4v) is 4.64. The van der Waals surface area contributed by atoms with Crippen molar-refractivity contribution in [2.75, 3.05) is 12.0 Å². The van der Waals surface area contributed by atoms with Crippen LogP contribution in [0.1, 0.15) is 29.7 Å². The predicted octanol–water partition coefficient (Wildman–Crippen LogP) is 2.69. The summed E-state index contributed by atoms with van der Waals surface area (Å²) < 4.78 is 5.01. The second kappa shape index (κ2) is 6.81. The summed E-state index contributed by atoms with van der Waals surface area (Å²) >= 11 is 0. The first-order valence-corrected chi connectivity index (χ1v) is 9.65. The zero-order chi connectivity index (χ0) is 20.9. The first-order valence-electron chi connectivity index (χ1n) is 9.65. The summed E-state index contributed by atoms with van der Waals surface area (Å²) in [5, 5.41) is 3.26. The molecule has 2 aliphatic heterocycles. The predicted molar refractivity (Wildman–Crippen MR) is 108 cm³/mol. The summed E-state index contributed by atoms with van der Waals surface area (Å²) in [7, 11) is 1.29. The normalized spacial score (nSPS) is 28.6. The molecule has 0 spiro atoms. The van der Waals surface area contributed by atoms with E-state index < -0.39 is 29.4 Å². The standard InChI is InChI=1S/C23H24N2O4/c1-13-8-10-16(11-9-13)25-20(26)17-18(21(25)27)23(3,22(28)29-4)24-19(17)15-7-5-6-14(2)12-15/h5-12,17-19,24H,1-4H3/t17-,18+,19+,23+/m0/s1. The molecule has 4 atom stereocenters. The Morgan fingerprint density at radius 1 is 1.03 bits per heavy atom. The molecule has 0 bridgehead atoms. The molecule has 2 aromatic rings. The Hall–Kier alpha value is -2.99. The van der Waals surface area contributed by atoms with E-state index in [1.807, 2.05) is 50.2 Å². The van der Waals surface area contributed by atoms with E-state index in [0.717, 1.165) is 16.7 Å². The number of anilines is 1. The monoisotopic (exact) mass is 392 g/mol. The molecule has 1 N–H and O–H groups in total. The molecule has 4 rings (SSSR count). The molecule has 0 aliphatic carbocycles. The molecular weight excluding hydrogens is 368 g/mol. The first-order chi connectivity index (χ1) is 13.8. The van der Waals surface area contributed by atoms with Crippen molar-refractivity contribution < 1.29 is 19.1 Å². The van der Waals surface area contributed by atoms with Crippen LogP contribution in [-0.4, -0.2) is 30.4 Å². The van der Waals surface area contributed by atoms with E-state index in [2.05, 4.69) is 5.32 Å². The lowest BCUT2D eigenvalue weighted by molar-refractivity contribution is -0.151. The van der Waals surface area contributed by atoms with Crippen LogP contribution in [-0.2, 0) is 19.1 Å². The van der Waals surface area contributed by atoms with Crippen molar-refractivity contribution in [1.29, 1.82) is 0 Å². The topological polar surface area (TPSA) is 75.7 Å². The lowest BCUT2D eigenvalue weighted by atomic mass is 9.80. The smallest absolute Gasteiger partial charge is 0.326 e. The van der Waals surface area contributed by atoms with Crippen LogP contribution in [0, 0.1) is 25.7 Å². The highest BCUT2D eigenvalue weighted by Gasteiger charge is 2.67. The van der Waals surface area contributed by atoms with E-state index in [9.17, 15) is 14.4 Å². The second-order valence-corrected chi connectivity index (χ2v) is 8.08. The van der Waals surface area contributed by atoms with Crippen LogP contribution in [0.25, 0.3) is 0 Å². The Bertz CT molecular complexity index is 1000. The van der Waals surface area contributed by atoms with E-state index >= 15 is 0 Å². The highest BCUT2D eigenvalue weighted by atomic mass is 16.5. The van der Waals surface area contributed by atoms with Crippen molar-refractivity contribution >= 4 is 23.5 Å². The minimum absolute atomic E-state index is 0.296. The van der Waals surface area contributed by atoms with Gasteiger partial charge < -0.3 is 4.74 Å². The Balaban J connectivity index is 1.83. The van der Waals surface area contributed by atoms with Gasteiger partial charge in [0.25, 0.3) is 0 Å². The largest absolute Gasteiger partial charge is 0.468 e. The molecule has 6 heteroatoms. The minimum atomic E-state index is -1.29. The lowest BCUT2D eigenvalue weighted by Crippen LogP contribution is -2.54. The number of methoxy groups -OCH3 is 1. The average molecular weight is 392 g/mol. The molecule has 2 heterocycles. The van der Waals surface area contributed by atoms with Crippen molar-refractivity contribution in [3.8, 4) is 0 Å². The molecule has 150 valence electrons. The zero-order valence-electron chi connectivity index (χ0n) is 16.9. The third kappa shape index (κ3) is 2.86. The fraction of sp³-hybridized carbons (Fsp3) is 0.348. The van der Waals surface area contributed by atoms with E-state index in [-0.39, 0.29) is 11.8 Å². The summed E-state index contributed by atoms with van der Waals surface area (Å²) in [6.07, 6.45) is 0. The summed E-state index contributed by atoms with van der Waals surface area (Å²) in [6, 6.07) is 14.5. The number of carbonyl (C=O) groups excluding carboxylic acids is 3. The first kappa shape index (κ1) is 19.3. The van der Waals surface area contributed by atoms with Crippen LogP contribution < -0.4 is 10.2 Å². The van der Waals surface area contributed by atoms with Gasteiger partial charge in [-0.15, -0.1) is 0 Å². The van der Waals surface area contributed by atoms with Gasteiger partial charge in [0.2, 0.25) is 11.8 Å². The maximum Gasteiger partial charge on any atom is 0.326 e. The number of ether oxygens (including phenoxy) is 1. The van der Waals surface area contributed by atoms with Crippen LogP contribution >= 0.6 is 0 Å². The Kier molecular flexibility index (Phi) is 4.54. The number of hydrogen-bond acceptors (Lipinski definition) is 5. The van der Waals surface area contributed by atoms with E-state index in [4.69, 9.17) is 4.74 Å². The zero-order valence-corrected chi connectivity index (χ0v) is 16.9. The summed E-state index contributed by atoms with van der Waals surface area (Å²) in [4.78, 5) is 40.8. The number of benzene rings is 2. The number of esters is 1. The second-order valence-electron chi connectivity index (χ2n) is 8.08. The van der Waals surface area contributed by atoms with Gasteiger partial charge in [0.15, 0.2) is 0 Å². The number of hydrogen-bond donors (Lipinski definition) is 1. The van der Waals surface area contributed by atoms with E-state index in [1.54, 1.807) is 19.1 Å². The van der Waals surface area contributed by atoms with Crippen LogP contribution in [0.5, 0.6) is 0 Å². The van der Waals surface area contributed by atoms with Gasteiger partial charge in [-0.05, 0) is 38.5 Å². The molecule has 0 aromatic heterocycles. The van der Waals surface area contributed by atoms with E-state index in [0.29, 0.717) is 5.69 Å². The maximum absolute atomic E-state index is 13.5. The maximum atomic E-state index is 13.5. The number of amides is 2. The molecule has 0 unspecified atom stereocenters. The van der Waals surface area contributed by atoms with Gasteiger partial charge >= 0.3 is 5.97 Å². The summed E-state index contributed by atoms with van der Waals surface area (Å²) in [5.74, 6) is -2.74. The van der Waals surface area contributed by atoms with Crippen molar-refractivity contribution in [2.45, 2.75) is 32.4 Å². The molecule has 29 heavy (non-hydrogen) atoms. The van der Waals surface area contributed by atoms with Crippen LogP contribution in [0.4, 0.5) is 5.69 Å². The van der Waals surface area contributed by atoms with Crippen molar-refractivity contribution in [3.63, 3.8) is 0 Å². The number of imide groups is 1. The molecule has 2 aromatic carbocycles. The van der Waals surface area contributed by atoms with E-state index in [1.165, 1.54) is 12.0 Å². The third-order valence-electron chi connectivity index (χ3n) is 6.09. The van der Waals surface area contributed by atoms with Crippen molar-refractivity contribution in [3.05, 3.63) is 65.2 Å². The molecule has 2 fully saturated rings. The van der Waals surface area contributed by atoms with Crippen LogP contribution in [0.15, 0.2) is 48.5 Å². The Morgan fingerprint density at radius 3 is 2.34 bits per heavy atom. The van der Waals surface area contributed by atoms with Crippen molar-refractivity contribution in [2.24, 2.45) is 11.8 Å². The number of carbonyl (C=O) groups is 3. The average Bonchev–Trinajstić information content (AvgIpc) is 3.16. The summed E-state index contributed by atoms with van der Waals surface area (Å²) in [5.41, 5.74) is 2.18. The number of rotatable bonds is 3. The third-order valence-corrected chi connectivity index (χ3v) is 6.09. The highest BCUT2D eigenvalue weighted by molar-refractivity contribution is 6.24. The molecule has 0 radical (unpaired) electrons. The number of nitrogens with zero attached hydrogens (tertiary/aromatic N) is 1. The van der Waals surface area contributed by atoms with Gasteiger partial charge in [0, 0.05) is 6.04 Å². The highest BCUT2D eigenvalue weighted by Crippen LogP contribution is 2.50. The molecule has 6 nitrogen and oxygen atoms in total. The van der Waals surface area contributed by atoms with Gasteiger partial charge in [-0.2, -0.15) is 0 Å². The quantitative estimate of drug-likeness (QED) is 0.642. The number of aryl methyl sites for hydroxylation is 2. The number of fused-ring (bicyclic) bond motifs is 1. The number of nitrogens with one attached hydrogen (secondary N) is 1. The van der Waals surface area contributed by atoms with Gasteiger partial charge in [0.1, 0.15) is 5.54 Å². The molecule has 2 saturated heterocycles.